The summed E-state index contributed by atoms with van der Waals surface area (Å²) in [7, 11) is -2.29. The number of hydrogen-bond acceptors (Lipinski definition) is 5. The second kappa shape index (κ2) is 6.55. The van der Waals surface area contributed by atoms with E-state index in [0.29, 0.717) is 11.4 Å². The second-order valence-corrected chi connectivity index (χ2v) is 5.72. The molecule has 106 valence electrons. The van der Waals surface area contributed by atoms with Gasteiger partial charge in [0.2, 0.25) is 10.0 Å². The molecule has 0 radical (unpaired) electrons. The minimum atomic E-state index is -3.71. The van der Waals surface area contributed by atoms with E-state index in [9.17, 15) is 8.42 Å². The molecule has 19 heavy (non-hydrogen) atoms. The molecule has 7 heteroatoms. The number of hydrogen-bond donors (Lipinski definition) is 2. The van der Waals surface area contributed by atoms with Gasteiger partial charge in [0.25, 0.3) is 0 Å². The first-order chi connectivity index (χ1) is 8.97. The molecule has 0 aliphatic carbocycles. The van der Waals surface area contributed by atoms with Gasteiger partial charge in [-0.05, 0) is 12.1 Å². The standard InChI is InChI=1S/C12H18N2O4S/c1-3-6-14(7-8-15)19(16,17)10-4-5-11(13)12(9-10)18-2/h3-5,9,15H,1,6-8,13H2,2H3. The predicted octanol–water partition coefficient (Wildman–Crippen LogP) is 0.446. The smallest absolute Gasteiger partial charge is 0.243 e. The monoisotopic (exact) mass is 286 g/mol. The molecule has 0 heterocycles. The van der Waals surface area contributed by atoms with E-state index in [4.69, 9.17) is 15.6 Å². The second-order valence-electron chi connectivity index (χ2n) is 3.78. The lowest BCUT2D eigenvalue weighted by molar-refractivity contribution is 0.260. The van der Waals surface area contributed by atoms with Gasteiger partial charge in [0, 0.05) is 19.2 Å². The van der Waals surface area contributed by atoms with E-state index in [0.717, 1.165) is 4.31 Å². The van der Waals surface area contributed by atoms with Gasteiger partial charge in [-0.15, -0.1) is 6.58 Å². The van der Waals surface area contributed by atoms with Crippen molar-refractivity contribution in [1.29, 1.82) is 0 Å². The van der Waals surface area contributed by atoms with Crippen molar-refractivity contribution in [2.45, 2.75) is 4.90 Å². The summed E-state index contributed by atoms with van der Waals surface area (Å²) in [6, 6.07) is 4.23. The fourth-order valence-corrected chi connectivity index (χ4v) is 2.98. The highest BCUT2D eigenvalue weighted by atomic mass is 32.2. The van der Waals surface area contributed by atoms with Crippen molar-refractivity contribution in [1.82, 2.24) is 4.31 Å². The summed E-state index contributed by atoms with van der Waals surface area (Å²) in [5.41, 5.74) is 6.01. The Bertz CT molecular complexity index is 543. The highest BCUT2D eigenvalue weighted by Gasteiger charge is 2.23. The van der Waals surface area contributed by atoms with Crippen molar-refractivity contribution in [2.24, 2.45) is 0 Å². The fraction of sp³-hybridized carbons (Fsp3) is 0.333. The minimum absolute atomic E-state index is 0.00104. The number of aliphatic hydroxyl groups is 1. The minimum Gasteiger partial charge on any atom is -0.495 e. The number of methoxy groups -OCH3 is 1. The summed E-state index contributed by atoms with van der Waals surface area (Å²) in [5, 5.41) is 8.93. The molecule has 0 bridgehead atoms. The van der Waals surface area contributed by atoms with Gasteiger partial charge in [0.15, 0.2) is 0 Å². The molecule has 0 saturated carbocycles. The van der Waals surface area contributed by atoms with Crippen molar-refractivity contribution < 1.29 is 18.3 Å². The van der Waals surface area contributed by atoms with Gasteiger partial charge in [-0.3, -0.25) is 0 Å². The zero-order valence-corrected chi connectivity index (χ0v) is 11.6. The first kappa shape index (κ1) is 15.5. The first-order valence-corrected chi connectivity index (χ1v) is 7.06. The maximum Gasteiger partial charge on any atom is 0.243 e. The van der Waals surface area contributed by atoms with Crippen LogP contribution in [-0.4, -0.2) is 44.6 Å². The van der Waals surface area contributed by atoms with Gasteiger partial charge >= 0.3 is 0 Å². The number of nitrogens with two attached hydrogens (primary N) is 1. The van der Waals surface area contributed by atoms with E-state index in [1.54, 1.807) is 0 Å². The molecule has 0 aliphatic heterocycles. The first-order valence-electron chi connectivity index (χ1n) is 5.62. The Morgan fingerprint density at radius 3 is 2.74 bits per heavy atom. The van der Waals surface area contributed by atoms with Crippen LogP contribution in [0.25, 0.3) is 0 Å². The lowest BCUT2D eigenvalue weighted by Gasteiger charge is -2.20. The lowest BCUT2D eigenvalue weighted by atomic mass is 10.3. The van der Waals surface area contributed by atoms with E-state index in [-0.39, 0.29) is 24.6 Å². The molecule has 6 nitrogen and oxygen atoms in total. The zero-order chi connectivity index (χ0) is 14.5. The van der Waals surface area contributed by atoms with Crippen molar-refractivity contribution in [3.63, 3.8) is 0 Å². The van der Waals surface area contributed by atoms with Crippen LogP contribution >= 0.6 is 0 Å². The van der Waals surface area contributed by atoms with Gasteiger partial charge in [0.1, 0.15) is 5.75 Å². The van der Waals surface area contributed by atoms with Gasteiger partial charge in [-0.25, -0.2) is 8.42 Å². The van der Waals surface area contributed by atoms with Gasteiger partial charge in [-0.2, -0.15) is 4.31 Å². The molecule has 0 saturated heterocycles. The van der Waals surface area contributed by atoms with Crippen LogP contribution < -0.4 is 10.5 Å². The Morgan fingerprint density at radius 1 is 1.53 bits per heavy atom. The number of ether oxygens (including phenoxy) is 1. The van der Waals surface area contributed by atoms with Crippen molar-refractivity contribution in [3.8, 4) is 5.75 Å². The molecule has 1 aromatic rings. The highest BCUT2D eigenvalue weighted by Crippen LogP contribution is 2.26. The van der Waals surface area contributed by atoms with Crippen LogP contribution in [-0.2, 0) is 10.0 Å². The fourth-order valence-electron chi connectivity index (χ4n) is 1.57. The van der Waals surface area contributed by atoms with Gasteiger partial charge in [-0.1, -0.05) is 6.08 Å². The topological polar surface area (TPSA) is 92.9 Å². The van der Waals surface area contributed by atoms with Crippen LogP contribution in [0.3, 0.4) is 0 Å². The largest absolute Gasteiger partial charge is 0.495 e. The summed E-state index contributed by atoms with van der Waals surface area (Å²) in [4.78, 5) is 0.0638. The number of nitrogens with zero attached hydrogens (tertiary/aromatic N) is 1. The van der Waals surface area contributed by atoms with Crippen molar-refractivity contribution >= 4 is 15.7 Å². The molecule has 0 spiro atoms. The molecular weight excluding hydrogens is 268 g/mol. The Morgan fingerprint density at radius 2 is 2.21 bits per heavy atom. The summed E-state index contributed by atoms with van der Waals surface area (Å²) in [6.07, 6.45) is 1.46. The number of benzene rings is 1. The van der Waals surface area contributed by atoms with Gasteiger partial charge < -0.3 is 15.6 Å². The summed E-state index contributed by atoms with van der Waals surface area (Å²) in [6.45, 7) is 3.36. The van der Waals surface area contributed by atoms with E-state index in [1.165, 1.54) is 31.4 Å². The third-order valence-corrected chi connectivity index (χ3v) is 4.39. The SMILES string of the molecule is C=CCN(CCO)S(=O)(=O)c1ccc(N)c(OC)c1. The molecule has 0 amide bonds. The van der Waals surface area contributed by atoms with E-state index < -0.39 is 10.0 Å². The summed E-state index contributed by atoms with van der Waals surface area (Å²) in [5.74, 6) is 0.295. The van der Waals surface area contributed by atoms with E-state index in [2.05, 4.69) is 6.58 Å². The zero-order valence-electron chi connectivity index (χ0n) is 10.7. The molecule has 0 atom stereocenters. The lowest BCUT2D eigenvalue weighted by Crippen LogP contribution is -2.33. The summed E-state index contributed by atoms with van der Waals surface area (Å²) < 4.78 is 30.9. The number of rotatable bonds is 7. The van der Waals surface area contributed by atoms with E-state index in [1.807, 2.05) is 0 Å². The predicted molar refractivity (Wildman–Crippen MR) is 73.4 cm³/mol. The number of aliphatic hydroxyl groups excluding tert-OH is 1. The van der Waals surface area contributed by atoms with Crippen LogP contribution in [0.5, 0.6) is 5.75 Å². The van der Waals surface area contributed by atoms with E-state index >= 15 is 0 Å². The average molecular weight is 286 g/mol. The summed E-state index contributed by atoms with van der Waals surface area (Å²) >= 11 is 0. The normalized spacial score (nSPS) is 11.5. The van der Waals surface area contributed by atoms with Crippen LogP contribution in [0.1, 0.15) is 0 Å². The Hall–Kier alpha value is -1.57. The van der Waals surface area contributed by atoms with Crippen LogP contribution in [0.4, 0.5) is 5.69 Å². The maximum absolute atomic E-state index is 12.4. The number of sulfonamides is 1. The molecule has 0 unspecified atom stereocenters. The molecule has 0 fully saturated rings. The quantitative estimate of drug-likeness (QED) is 0.560. The molecule has 1 aromatic carbocycles. The number of nitrogen functional groups attached to an aromatic ring is 1. The Balaban J connectivity index is 3.20. The van der Waals surface area contributed by atoms with Crippen LogP contribution in [0.15, 0.2) is 35.7 Å². The molecular formula is C12H18N2O4S. The highest BCUT2D eigenvalue weighted by molar-refractivity contribution is 7.89. The van der Waals surface area contributed by atoms with Gasteiger partial charge in [0.05, 0.1) is 24.3 Å². The number of anilines is 1. The van der Waals surface area contributed by atoms with Crippen LogP contribution in [0.2, 0.25) is 0 Å². The molecule has 3 N–H and O–H groups in total. The molecule has 1 rings (SSSR count). The third kappa shape index (κ3) is 3.46. The Labute approximate surface area is 113 Å². The third-order valence-electron chi connectivity index (χ3n) is 2.52. The molecule has 0 aromatic heterocycles. The van der Waals surface area contributed by atoms with Crippen LogP contribution in [0, 0.1) is 0 Å². The Kier molecular flexibility index (Phi) is 5.34. The average Bonchev–Trinajstić information content (AvgIpc) is 2.38. The maximum atomic E-state index is 12.4. The van der Waals surface area contributed by atoms with Crippen molar-refractivity contribution in [3.05, 3.63) is 30.9 Å². The van der Waals surface area contributed by atoms with Crippen molar-refractivity contribution in [2.75, 3.05) is 32.5 Å². The molecule has 0 aliphatic rings.